The van der Waals surface area contributed by atoms with E-state index in [0.717, 1.165) is 5.56 Å². The lowest BCUT2D eigenvalue weighted by Crippen LogP contribution is -2.28. The number of carboxylic acid groups (broad SMARTS) is 1. The maximum atomic E-state index is 12.9. The standard InChI is InChI=1S/C26H21N3O6S/c1-2-28-24(30)23(36-26(28)27-20-7-4-6-19(15-20)25(31)32)14-17-9-11-22(12-10-17)35-16-18-5-3-8-21(13-18)29(33)34/h3-15H,2,16H2,1H3,(H,31,32)/b23-14-,27-26?. The van der Waals surface area contributed by atoms with Crippen LogP contribution in [0.25, 0.3) is 6.08 Å². The van der Waals surface area contributed by atoms with Gasteiger partial charge >= 0.3 is 5.97 Å². The van der Waals surface area contributed by atoms with Crippen LogP contribution >= 0.6 is 11.8 Å². The number of non-ortho nitro benzene ring substituents is 1. The number of benzene rings is 3. The van der Waals surface area contributed by atoms with E-state index in [1.54, 1.807) is 47.4 Å². The van der Waals surface area contributed by atoms with Crippen LogP contribution in [0, 0.1) is 10.1 Å². The van der Waals surface area contributed by atoms with Crippen molar-refractivity contribution in [2.45, 2.75) is 13.5 Å². The highest BCUT2D eigenvalue weighted by Crippen LogP contribution is 2.34. The highest BCUT2D eigenvalue weighted by atomic mass is 32.2. The van der Waals surface area contributed by atoms with Crippen LogP contribution in [0.1, 0.15) is 28.4 Å². The zero-order chi connectivity index (χ0) is 25.7. The quantitative estimate of drug-likeness (QED) is 0.245. The van der Waals surface area contributed by atoms with Gasteiger partial charge in [-0.25, -0.2) is 9.79 Å². The van der Waals surface area contributed by atoms with E-state index in [-0.39, 0.29) is 23.8 Å². The molecule has 1 saturated heterocycles. The first-order valence-corrected chi connectivity index (χ1v) is 11.8. The Morgan fingerprint density at radius 3 is 2.58 bits per heavy atom. The van der Waals surface area contributed by atoms with E-state index in [9.17, 15) is 24.8 Å². The molecule has 9 nitrogen and oxygen atoms in total. The number of nitro groups is 1. The monoisotopic (exact) mass is 503 g/mol. The zero-order valence-electron chi connectivity index (χ0n) is 19.2. The predicted molar refractivity (Wildman–Crippen MR) is 137 cm³/mol. The molecule has 1 aliphatic rings. The van der Waals surface area contributed by atoms with Gasteiger partial charge in [-0.2, -0.15) is 0 Å². The van der Waals surface area contributed by atoms with E-state index in [4.69, 9.17) is 4.74 Å². The number of rotatable bonds is 8. The van der Waals surface area contributed by atoms with E-state index in [0.29, 0.717) is 33.6 Å². The van der Waals surface area contributed by atoms with Crippen LogP contribution in [0.4, 0.5) is 11.4 Å². The van der Waals surface area contributed by atoms with Gasteiger partial charge in [0.05, 0.1) is 21.1 Å². The molecule has 0 atom stereocenters. The lowest BCUT2D eigenvalue weighted by Gasteiger charge is -2.12. The summed E-state index contributed by atoms with van der Waals surface area (Å²) in [4.78, 5) is 41.2. The molecule has 0 unspecified atom stereocenters. The molecular weight excluding hydrogens is 482 g/mol. The molecule has 4 rings (SSSR count). The number of hydrogen-bond donors (Lipinski definition) is 1. The largest absolute Gasteiger partial charge is 0.489 e. The van der Waals surface area contributed by atoms with Crippen LogP contribution in [0.2, 0.25) is 0 Å². The predicted octanol–water partition coefficient (Wildman–Crippen LogP) is 5.50. The number of aliphatic imine (C=N–C) groups is 1. The van der Waals surface area contributed by atoms with Crippen molar-refractivity contribution in [3.63, 3.8) is 0 Å². The Balaban J connectivity index is 1.47. The normalized spacial score (nSPS) is 15.5. The summed E-state index contributed by atoms with van der Waals surface area (Å²) in [6.45, 7) is 2.45. The Morgan fingerprint density at radius 2 is 1.89 bits per heavy atom. The first kappa shape index (κ1) is 24.7. The van der Waals surface area contributed by atoms with Crippen molar-refractivity contribution in [2.24, 2.45) is 4.99 Å². The molecule has 0 aromatic heterocycles. The summed E-state index contributed by atoms with van der Waals surface area (Å²) in [6.07, 6.45) is 1.76. The molecule has 1 heterocycles. The number of amides is 1. The lowest BCUT2D eigenvalue weighted by atomic mass is 10.2. The van der Waals surface area contributed by atoms with E-state index in [1.807, 2.05) is 19.1 Å². The van der Waals surface area contributed by atoms with Gasteiger partial charge in [0.2, 0.25) is 0 Å². The summed E-state index contributed by atoms with van der Waals surface area (Å²) in [5, 5.41) is 20.6. The summed E-state index contributed by atoms with van der Waals surface area (Å²) in [7, 11) is 0. The van der Waals surface area contributed by atoms with Gasteiger partial charge in [-0.15, -0.1) is 0 Å². The third kappa shape index (κ3) is 5.78. The number of carbonyl (C=O) groups is 2. The molecule has 0 aliphatic carbocycles. The minimum Gasteiger partial charge on any atom is -0.489 e. The summed E-state index contributed by atoms with van der Waals surface area (Å²) in [6, 6.07) is 19.7. The molecule has 0 spiro atoms. The van der Waals surface area contributed by atoms with Gasteiger partial charge < -0.3 is 9.84 Å². The second-order valence-corrected chi connectivity index (χ2v) is 8.70. The highest BCUT2D eigenvalue weighted by Gasteiger charge is 2.32. The summed E-state index contributed by atoms with van der Waals surface area (Å²) in [5.41, 5.74) is 2.06. The van der Waals surface area contributed by atoms with Gasteiger partial charge in [-0.05, 0) is 66.2 Å². The molecule has 1 amide bonds. The average Bonchev–Trinajstić information content (AvgIpc) is 3.17. The fourth-order valence-electron chi connectivity index (χ4n) is 3.43. The molecule has 182 valence electrons. The number of carbonyl (C=O) groups excluding carboxylic acids is 1. The van der Waals surface area contributed by atoms with Gasteiger partial charge in [0.15, 0.2) is 5.17 Å². The van der Waals surface area contributed by atoms with Crippen LogP contribution in [0.15, 0.2) is 82.7 Å². The molecule has 0 radical (unpaired) electrons. The van der Waals surface area contributed by atoms with Crippen molar-refractivity contribution in [1.29, 1.82) is 0 Å². The first-order chi connectivity index (χ1) is 17.3. The highest BCUT2D eigenvalue weighted by molar-refractivity contribution is 8.18. The van der Waals surface area contributed by atoms with Crippen molar-refractivity contribution >= 4 is 46.3 Å². The number of nitrogens with zero attached hydrogens (tertiary/aromatic N) is 3. The smallest absolute Gasteiger partial charge is 0.335 e. The molecule has 0 saturated carbocycles. The van der Waals surface area contributed by atoms with E-state index in [1.165, 1.54) is 36.0 Å². The second-order valence-electron chi connectivity index (χ2n) is 7.69. The van der Waals surface area contributed by atoms with Gasteiger partial charge in [-0.1, -0.05) is 30.3 Å². The average molecular weight is 504 g/mol. The summed E-state index contributed by atoms with van der Waals surface area (Å²) < 4.78 is 5.73. The SMILES string of the molecule is CCN1C(=O)/C(=C/c2ccc(OCc3cccc([N+](=O)[O-])c3)cc2)SC1=Nc1cccc(C(=O)O)c1. The van der Waals surface area contributed by atoms with Crippen LogP contribution in [-0.2, 0) is 11.4 Å². The second kappa shape index (κ2) is 10.9. The van der Waals surface area contributed by atoms with Gasteiger partial charge in [-0.3, -0.25) is 19.8 Å². The van der Waals surface area contributed by atoms with Gasteiger partial charge in [0.25, 0.3) is 11.6 Å². The van der Waals surface area contributed by atoms with Crippen LogP contribution in [0.3, 0.4) is 0 Å². The molecule has 1 aliphatic heterocycles. The fraction of sp³-hybridized carbons (Fsp3) is 0.115. The Morgan fingerprint density at radius 1 is 1.14 bits per heavy atom. The van der Waals surface area contributed by atoms with Crippen molar-refractivity contribution < 1.29 is 24.4 Å². The fourth-order valence-corrected chi connectivity index (χ4v) is 4.49. The third-order valence-corrected chi connectivity index (χ3v) is 6.23. The molecule has 1 fully saturated rings. The third-order valence-electron chi connectivity index (χ3n) is 5.23. The van der Waals surface area contributed by atoms with Crippen molar-refractivity contribution in [3.8, 4) is 5.75 Å². The molecule has 36 heavy (non-hydrogen) atoms. The van der Waals surface area contributed by atoms with E-state index in [2.05, 4.69) is 4.99 Å². The lowest BCUT2D eigenvalue weighted by molar-refractivity contribution is -0.384. The van der Waals surface area contributed by atoms with Gasteiger partial charge in [0, 0.05) is 18.7 Å². The van der Waals surface area contributed by atoms with Gasteiger partial charge in [0.1, 0.15) is 12.4 Å². The molecule has 3 aromatic carbocycles. The number of nitro benzene ring substituents is 1. The minimum absolute atomic E-state index is 0.00965. The van der Waals surface area contributed by atoms with Crippen molar-refractivity contribution in [2.75, 3.05) is 6.54 Å². The Hall–Kier alpha value is -4.44. The summed E-state index contributed by atoms with van der Waals surface area (Å²) >= 11 is 1.22. The van der Waals surface area contributed by atoms with Crippen molar-refractivity contribution in [1.82, 2.24) is 4.90 Å². The Bertz CT molecular complexity index is 1380. The van der Waals surface area contributed by atoms with Crippen LogP contribution < -0.4 is 4.74 Å². The van der Waals surface area contributed by atoms with Crippen LogP contribution in [0.5, 0.6) is 5.75 Å². The zero-order valence-corrected chi connectivity index (χ0v) is 20.0. The maximum absolute atomic E-state index is 12.9. The molecule has 3 aromatic rings. The number of thioether (sulfide) groups is 1. The number of aromatic carboxylic acids is 1. The molecule has 1 N–H and O–H groups in total. The molecule has 0 bridgehead atoms. The summed E-state index contributed by atoms with van der Waals surface area (Å²) in [5.74, 6) is -0.635. The number of ether oxygens (including phenoxy) is 1. The number of amidine groups is 1. The Labute approximate surface area is 210 Å². The van der Waals surface area contributed by atoms with E-state index < -0.39 is 10.9 Å². The van der Waals surface area contributed by atoms with Crippen LogP contribution in [-0.4, -0.2) is 38.5 Å². The molecular formula is C26H21N3O6S. The minimum atomic E-state index is -1.04. The number of carboxylic acids is 1. The first-order valence-electron chi connectivity index (χ1n) is 10.9. The Kier molecular flexibility index (Phi) is 7.45. The van der Waals surface area contributed by atoms with E-state index >= 15 is 0 Å². The topological polar surface area (TPSA) is 122 Å². The molecule has 10 heteroatoms. The maximum Gasteiger partial charge on any atom is 0.335 e. The van der Waals surface area contributed by atoms with Crippen molar-refractivity contribution in [3.05, 3.63) is 105 Å². The number of hydrogen-bond acceptors (Lipinski definition) is 7. The number of likely N-dealkylation sites (N-methyl/N-ethyl adjacent to an activating group) is 1.